The summed E-state index contributed by atoms with van der Waals surface area (Å²) in [4.78, 5) is 11.3. The van der Waals surface area contributed by atoms with E-state index in [2.05, 4.69) is 6.58 Å². The van der Waals surface area contributed by atoms with E-state index in [1.54, 1.807) is 6.92 Å². The van der Waals surface area contributed by atoms with E-state index in [4.69, 9.17) is 4.74 Å². The van der Waals surface area contributed by atoms with Crippen molar-refractivity contribution in [1.29, 1.82) is 0 Å². The van der Waals surface area contributed by atoms with Gasteiger partial charge >= 0.3 is 5.97 Å². The zero-order valence-electron chi connectivity index (χ0n) is 7.43. The van der Waals surface area contributed by atoms with E-state index in [1.807, 2.05) is 6.08 Å². The molecule has 2 heteroatoms. The number of esters is 1. The Kier molecular flexibility index (Phi) is 3.09. The molecule has 0 spiro atoms. The number of carbonyl (C=O) groups is 1. The van der Waals surface area contributed by atoms with Crippen molar-refractivity contribution < 1.29 is 9.53 Å². The van der Waals surface area contributed by atoms with Crippen LogP contribution < -0.4 is 0 Å². The van der Waals surface area contributed by atoms with Crippen molar-refractivity contribution in [3.8, 4) is 0 Å². The van der Waals surface area contributed by atoms with Crippen LogP contribution in [-0.2, 0) is 9.53 Å². The minimum Gasteiger partial charge on any atom is -0.429 e. The molecule has 1 rings (SSSR count). The summed E-state index contributed by atoms with van der Waals surface area (Å²) in [5, 5.41) is 0. The number of hydrogen-bond acceptors (Lipinski definition) is 2. The van der Waals surface area contributed by atoms with Gasteiger partial charge in [-0.25, -0.2) is 4.79 Å². The second kappa shape index (κ2) is 4.10. The number of rotatable bonds is 2. The molecular weight excluding hydrogens is 152 g/mol. The van der Waals surface area contributed by atoms with Gasteiger partial charge in [0.15, 0.2) is 0 Å². The molecule has 12 heavy (non-hydrogen) atoms. The SMILES string of the molecule is C=C(C)OC(=O)C1=CCCCC1. The van der Waals surface area contributed by atoms with Gasteiger partial charge in [-0.2, -0.15) is 0 Å². The third kappa shape index (κ3) is 2.53. The van der Waals surface area contributed by atoms with Crippen molar-refractivity contribution in [3.05, 3.63) is 24.0 Å². The van der Waals surface area contributed by atoms with Crippen LogP contribution in [0.2, 0.25) is 0 Å². The van der Waals surface area contributed by atoms with Crippen LogP contribution >= 0.6 is 0 Å². The Hall–Kier alpha value is -1.05. The summed E-state index contributed by atoms with van der Waals surface area (Å²) in [5.41, 5.74) is 0.809. The molecule has 0 heterocycles. The minimum absolute atomic E-state index is 0.220. The lowest BCUT2D eigenvalue weighted by Crippen LogP contribution is -2.08. The predicted molar refractivity (Wildman–Crippen MR) is 47.5 cm³/mol. The molecule has 0 bridgehead atoms. The molecule has 2 nitrogen and oxygen atoms in total. The molecule has 0 aliphatic heterocycles. The standard InChI is InChI=1S/C10H14O2/c1-8(2)12-10(11)9-6-4-3-5-7-9/h6H,1,3-5,7H2,2H3. The largest absolute Gasteiger partial charge is 0.429 e. The van der Waals surface area contributed by atoms with Gasteiger partial charge in [0.05, 0.1) is 5.76 Å². The van der Waals surface area contributed by atoms with Crippen molar-refractivity contribution in [2.24, 2.45) is 0 Å². The van der Waals surface area contributed by atoms with E-state index in [-0.39, 0.29) is 5.97 Å². The molecule has 0 N–H and O–H groups in total. The average Bonchev–Trinajstić information content (AvgIpc) is 2.05. The van der Waals surface area contributed by atoms with E-state index in [0.717, 1.165) is 24.8 Å². The number of ether oxygens (including phenoxy) is 1. The highest BCUT2D eigenvalue weighted by molar-refractivity contribution is 5.89. The molecule has 66 valence electrons. The van der Waals surface area contributed by atoms with Crippen LogP contribution in [0.3, 0.4) is 0 Å². The molecule has 0 amide bonds. The van der Waals surface area contributed by atoms with Crippen LogP contribution in [-0.4, -0.2) is 5.97 Å². The molecule has 1 aliphatic carbocycles. The van der Waals surface area contributed by atoms with Crippen molar-refractivity contribution in [3.63, 3.8) is 0 Å². The van der Waals surface area contributed by atoms with Crippen LogP contribution in [0.1, 0.15) is 32.6 Å². The van der Waals surface area contributed by atoms with Crippen LogP contribution in [0.4, 0.5) is 0 Å². The molecule has 0 saturated heterocycles. The first-order chi connectivity index (χ1) is 5.70. The lowest BCUT2D eigenvalue weighted by Gasteiger charge is -2.11. The third-order valence-electron chi connectivity index (χ3n) is 1.82. The molecule has 0 aromatic heterocycles. The lowest BCUT2D eigenvalue weighted by atomic mass is 10.00. The Balaban J connectivity index is 2.51. The normalized spacial score (nSPS) is 16.6. The fourth-order valence-electron chi connectivity index (χ4n) is 1.25. The van der Waals surface area contributed by atoms with E-state index in [0.29, 0.717) is 5.76 Å². The molecule has 0 radical (unpaired) electrons. The number of allylic oxidation sites excluding steroid dienone is 2. The van der Waals surface area contributed by atoms with E-state index < -0.39 is 0 Å². The highest BCUT2D eigenvalue weighted by atomic mass is 16.5. The second-order valence-electron chi connectivity index (χ2n) is 3.07. The summed E-state index contributed by atoms with van der Waals surface area (Å²) in [7, 11) is 0. The second-order valence-corrected chi connectivity index (χ2v) is 3.07. The van der Waals surface area contributed by atoms with Crippen LogP contribution in [0.25, 0.3) is 0 Å². The summed E-state index contributed by atoms with van der Waals surface area (Å²) in [6.45, 7) is 5.20. The van der Waals surface area contributed by atoms with Crippen molar-refractivity contribution in [1.82, 2.24) is 0 Å². The minimum atomic E-state index is -0.220. The Morgan fingerprint density at radius 3 is 2.83 bits per heavy atom. The maximum Gasteiger partial charge on any atom is 0.338 e. The molecular formula is C10H14O2. The molecule has 1 aliphatic rings. The summed E-state index contributed by atoms with van der Waals surface area (Å²) >= 11 is 0. The fraction of sp³-hybridized carbons (Fsp3) is 0.500. The lowest BCUT2D eigenvalue weighted by molar-refractivity contribution is -0.135. The molecule has 0 aromatic rings. The Labute approximate surface area is 72.9 Å². The summed E-state index contributed by atoms with van der Waals surface area (Å²) in [6, 6.07) is 0. The molecule has 0 fully saturated rings. The van der Waals surface area contributed by atoms with E-state index >= 15 is 0 Å². The summed E-state index contributed by atoms with van der Waals surface area (Å²) in [6.07, 6.45) is 6.10. The topological polar surface area (TPSA) is 26.3 Å². The van der Waals surface area contributed by atoms with Gasteiger partial charge in [0.2, 0.25) is 0 Å². The van der Waals surface area contributed by atoms with Crippen LogP contribution in [0.15, 0.2) is 24.0 Å². The van der Waals surface area contributed by atoms with Gasteiger partial charge in [0, 0.05) is 5.57 Å². The van der Waals surface area contributed by atoms with Gasteiger partial charge in [0.1, 0.15) is 0 Å². The smallest absolute Gasteiger partial charge is 0.338 e. The molecule has 0 aromatic carbocycles. The van der Waals surface area contributed by atoms with Gasteiger partial charge in [-0.1, -0.05) is 12.7 Å². The highest BCUT2D eigenvalue weighted by Gasteiger charge is 2.13. The first-order valence-electron chi connectivity index (χ1n) is 4.27. The Morgan fingerprint density at radius 2 is 2.33 bits per heavy atom. The third-order valence-corrected chi connectivity index (χ3v) is 1.82. The van der Waals surface area contributed by atoms with Gasteiger partial charge in [-0.3, -0.25) is 0 Å². The monoisotopic (exact) mass is 166 g/mol. The zero-order valence-corrected chi connectivity index (χ0v) is 7.43. The highest BCUT2D eigenvalue weighted by Crippen LogP contribution is 2.18. The summed E-state index contributed by atoms with van der Waals surface area (Å²) < 4.78 is 4.89. The van der Waals surface area contributed by atoms with E-state index in [1.165, 1.54) is 6.42 Å². The first kappa shape index (κ1) is 9.04. The average molecular weight is 166 g/mol. The zero-order chi connectivity index (χ0) is 8.97. The van der Waals surface area contributed by atoms with E-state index in [9.17, 15) is 4.79 Å². The first-order valence-corrected chi connectivity index (χ1v) is 4.27. The Bertz CT molecular complexity index is 226. The van der Waals surface area contributed by atoms with Crippen LogP contribution in [0, 0.1) is 0 Å². The van der Waals surface area contributed by atoms with Crippen molar-refractivity contribution in [2.45, 2.75) is 32.6 Å². The number of carbonyl (C=O) groups excluding carboxylic acids is 1. The van der Waals surface area contributed by atoms with Gasteiger partial charge in [0.25, 0.3) is 0 Å². The van der Waals surface area contributed by atoms with Gasteiger partial charge in [-0.05, 0) is 32.6 Å². The van der Waals surface area contributed by atoms with Gasteiger partial charge < -0.3 is 4.74 Å². The fourth-order valence-corrected chi connectivity index (χ4v) is 1.25. The summed E-state index contributed by atoms with van der Waals surface area (Å²) in [5.74, 6) is 0.244. The maximum absolute atomic E-state index is 11.3. The maximum atomic E-state index is 11.3. The number of hydrogen-bond donors (Lipinski definition) is 0. The van der Waals surface area contributed by atoms with Crippen molar-refractivity contribution in [2.75, 3.05) is 0 Å². The molecule has 0 atom stereocenters. The molecule has 0 unspecified atom stereocenters. The van der Waals surface area contributed by atoms with Crippen molar-refractivity contribution >= 4 is 5.97 Å². The molecule has 0 saturated carbocycles. The predicted octanol–water partition coefficient (Wildman–Crippen LogP) is 2.56. The Morgan fingerprint density at radius 1 is 1.58 bits per heavy atom. The van der Waals surface area contributed by atoms with Gasteiger partial charge in [-0.15, -0.1) is 0 Å². The van der Waals surface area contributed by atoms with Crippen LogP contribution in [0.5, 0.6) is 0 Å². The quantitative estimate of drug-likeness (QED) is 0.465.